The molecule has 3 nitrogen and oxygen atoms in total. The summed E-state index contributed by atoms with van der Waals surface area (Å²) in [6.45, 7) is 2.35. The highest BCUT2D eigenvalue weighted by Crippen LogP contribution is 2.21. The third-order valence-corrected chi connectivity index (χ3v) is 4.59. The summed E-state index contributed by atoms with van der Waals surface area (Å²) in [5.41, 5.74) is 0.923. The zero-order chi connectivity index (χ0) is 15.9. The first-order valence-electron chi connectivity index (χ1n) is 8.31. The van der Waals surface area contributed by atoms with Gasteiger partial charge in [-0.15, -0.1) is 0 Å². The van der Waals surface area contributed by atoms with E-state index in [1.807, 2.05) is 14.0 Å². The summed E-state index contributed by atoms with van der Waals surface area (Å²) < 4.78 is 12.9. The van der Waals surface area contributed by atoms with E-state index in [-0.39, 0.29) is 17.8 Å². The molecule has 0 heterocycles. The normalized spacial score (nSPS) is 18.0. The van der Waals surface area contributed by atoms with Gasteiger partial charge in [0.25, 0.3) is 0 Å². The van der Waals surface area contributed by atoms with Gasteiger partial charge in [0, 0.05) is 6.04 Å². The molecular weight excluding hydrogens is 279 g/mol. The summed E-state index contributed by atoms with van der Waals surface area (Å²) in [7, 11) is 2.04. The Bertz CT molecular complexity index is 466. The van der Waals surface area contributed by atoms with E-state index < -0.39 is 0 Å². The third kappa shape index (κ3) is 5.09. The second-order valence-corrected chi connectivity index (χ2v) is 6.40. The summed E-state index contributed by atoms with van der Waals surface area (Å²) in [4.78, 5) is 14.4. The van der Waals surface area contributed by atoms with E-state index in [0.717, 1.165) is 5.56 Å². The molecule has 1 amide bonds. The fraction of sp³-hybridized carbons (Fsp3) is 0.611. The average Bonchev–Trinajstić information content (AvgIpc) is 2.76. The van der Waals surface area contributed by atoms with Gasteiger partial charge in [-0.3, -0.25) is 9.69 Å². The Morgan fingerprint density at radius 3 is 2.41 bits per heavy atom. The summed E-state index contributed by atoms with van der Waals surface area (Å²) in [5, 5.41) is 3.00. The molecule has 1 fully saturated rings. The highest BCUT2D eigenvalue weighted by Gasteiger charge is 2.19. The quantitative estimate of drug-likeness (QED) is 0.842. The number of hydrogen-bond donors (Lipinski definition) is 1. The van der Waals surface area contributed by atoms with Crippen molar-refractivity contribution in [1.82, 2.24) is 10.2 Å². The number of nitrogens with one attached hydrogen (secondary N) is 1. The number of likely N-dealkylation sites (N-methyl/N-ethyl adjacent to an activating group) is 1. The van der Waals surface area contributed by atoms with Crippen molar-refractivity contribution in [1.29, 1.82) is 0 Å². The molecule has 1 aromatic carbocycles. The first-order chi connectivity index (χ1) is 10.6. The van der Waals surface area contributed by atoms with Crippen molar-refractivity contribution >= 4 is 5.91 Å². The van der Waals surface area contributed by atoms with Crippen LogP contribution in [0.4, 0.5) is 4.39 Å². The molecule has 1 saturated carbocycles. The van der Waals surface area contributed by atoms with Gasteiger partial charge in [-0.25, -0.2) is 4.39 Å². The number of hydrogen-bond acceptors (Lipinski definition) is 2. The Hall–Kier alpha value is -1.42. The molecule has 0 aliphatic heterocycles. The van der Waals surface area contributed by atoms with Crippen LogP contribution >= 0.6 is 0 Å². The van der Waals surface area contributed by atoms with E-state index >= 15 is 0 Å². The number of rotatable bonds is 5. The number of carbonyl (C=O) groups is 1. The molecule has 1 aromatic rings. The lowest BCUT2D eigenvalue weighted by Crippen LogP contribution is -2.41. The zero-order valence-electron chi connectivity index (χ0n) is 13.6. The van der Waals surface area contributed by atoms with E-state index in [2.05, 4.69) is 10.2 Å². The van der Waals surface area contributed by atoms with Crippen LogP contribution in [0.3, 0.4) is 0 Å². The average molecular weight is 306 g/mol. The highest BCUT2D eigenvalue weighted by molar-refractivity contribution is 5.78. The molecule has 0 spiro atoms. The Balaban J connectivity index is 1.82. The highest BCUT2D eigenvalue weighted by atomic mass is 19.1. The van der Waals surface area contributed by atoms with Crippen LogP contribution < -0.4 is 5.32 Å². The van der Waals surface area contributed by atoms with Gasteiger partial charge in [0.2, 0.25) is 5.91 Å². The van der Waals surface area contributed by atoms with Crippen LogP contribution in [0.2, 0.25) is 0 Å². The van der Waals surface area contributed by atoms with Crippen molar-refractivity contribution < 1.29 is 9.18 Å². The van der Waals surface area contributed by atoms with Gasteiger partial charge in [0.15, 0.2) is 0 Å². The zero-order valence-corrected chi connectivity index (χ0v) is 13.6. The number of halogens is 1. The van der Waals surface area contributed by atoms with Crippen molar-refractivity contribution in [2.24, 2.45) is 0 Å². The number of amides is 1. The van der Waals surface area contributed by atoms with Crippen LogP contribution in [-0.2, 0) is 4.79 Å². The van der Waals surface area contributed by atoms with Crippen LogP contribution in [0.1, 0.15) is 57.1 Å². The van der Waals surface area contributed by atoms with Crippen molar-refractivity contribution in [2.75, 3.05) is 13.6 Å². The van der Waals surface area contributed by atoms with Gasteiger partial charge in [0.1, 0.15) is 5.82 Å². The van der Waals surface area contributed by atoms with Gasteiger partial charge in [-0.2, -0.15) is 0 Å². The molecular formula is C18H27FN2O. The van der Waals surface area contributed by atoms with Crippen molar-refractivity contribution in [3.8, 4) is 0 Å². The summed E-state index contributed by atoms with van der Waals surface area (Å²) >= 11 is 0. The van der Waals surface area contributed by atoms with E-state index in [0.29, 0.717) is 12.6 Å². The Morgan fingerprint density at radius 1 is 1.23 bits per heavy atom. The van der Waals surface area contributed by atoms with Crippen LogP contribution in [0.25, 0.3) is 0 Å². The minimum atomic E-state index is -0.254. The Kier molecular flexibility index (Phi) is 6.37. The van der Waals surface area contributed by atoms with Gasteiger partial charge >= 0.3 is 0 Å². The third-order valence-electron chi connectivity index (χ3n) is 4.59. The molecule has 1 aliphatic rings. The minimum Gasteiger partial charge on any atom is -0.348 e. The number of nitrogens with zero attached hydrogens (tertiary/aromatic N) is 1. The van der Waals surface area contributed by atoms with E-state index in [1.54, 1.807) is 12.1 Å². The molecule has 22 heavy (non-hydrogen) atoms. The molecule has 2 rings (SSSR count). The Labute approximate surface area is 132 Å². The first-order valence-corrected chi connectivity index (χ1v) is 8.31. The van der Waals surface area contributed by atoms with Crippen molar-refractivity contribution in [3.63, 3.8) is 0 Å². The summed E-state index contributed by atoms with van der Waals surface area (Å²) in [6.07, 6.45) is 7.55. The molecule has 122 valence electrons. The maximum Gasteiger partial charge on any atom is 0.234 e. The monoisotopic (exact) mass is 306 g/mol. The molecule has 1 aliphatic carbocycles. The van der Waals surface area contributed by atoms with Crippen LogP contribution in [0, 0.1) is 5.82 Å². The minimum absolute atomic E-state index is 0.0311. The fourth-order valence-corrected chi connectivity index (χ4v) is 3.18. The van der Waals surface area contributed by atoms with Crippen LogP contribution in [0.15, 0.2) is 24.3 Å². The number of benzene rings is 1. The van der Waals surface area contributed by atoms with Gasteiger partial charge in [-0.05, 0) is 44.5 Å². The second-order valence-electron chi connectivity index (χ2n) is 6.40. The molecule has 1 N–H and O–H groups in total. The predicted octanol–water partition coefficient (Wildman–Crippen LogP) is 3.66. The largest absolute Gasteiger partial charge is 0.348 e. The molecule has 0 radical (unpaired) electrons. The fourth-order valence-electron chi connectivity index (χ4n) is 3.18. The lowest BCUT2D eigenvalue weighted by Gasteiger charge is -2.27. The topological polar surface area (TPSA) is 32.3 Å². The molecule has 1 atom stereocenters. The van der Waals surface area contributed by atoms with E-state index in [4.69, 9.17) is 0 Å². The van der Waals surface area contributed by atoms with Gasteiger partial charge in [0.05, 0.1) is 12.6 Å². The molecule has 0 aromatic heterocycles. The smallest absolute Gasteiger partial charge is 0.234 e. The predicted molar refractivity (Wildman–Crippen MR) is 87.1 cm³/mol. The lowest BCUT2D eigenvalue weighted by molar-refractivity contribution is -0.123. The van der Waals surface area contributed by atoms with Crippen molar-refractivity contribution in [2.45, 2.75) is 57.5 Å². The summed E-state index contributed by atoms with van der Waals surface area (Å²) in [6, 6.07) is 6.71. The second kappa shape index (κ2) is 8.28. The van der Waals surface area contributed by atoms with Crippen LogP contribution in [-0.4, -0.2) is 30.4 Å². The molecule has 4 heteroatoms. The SMILES string of the molecule is CC(NC(=O)CN(C)C1CCCCCC1)c1ccc(F)cc1. The maximum absolute atomic E-state index is 12.9. The molecule has 0 bridgehead atoms. The summed E-state index contributed by atoms with van der Waals surface area (Å²) in [5.74, 6) is -0.223. The standard InChI is InChI=1S/C18H27FN2O/c1-14(15-9-11-16(19)12-10-15)20-18(22)13-21(2)17-7-5-3-4-6-8-17/h9-12,14,17H,3-8,13H2,1-2H3,(H,20,22). The van der Waals surface area contributed by atoms with Crippen molar-refractivity contribution in [3.05, 3.63) is 35.6 Å². The van der Waals surface area contributed by atoms with Gasteiger partial charge in [-0.1, -0.05) is 37.8 Å². The van der Waals surface area contributed by atoms with E-state index in [1.165, 1.54) is 50.7 Å². The molecule has 0 saturated heterocycles. The maximum atomic E-state index is 12.9. The first kappa shape index (κ1) is 16.9. The number of carbonyl (C=O) groups excluding carboxylic acids is 1. The molecule has 1 unspecified atom stereocenters. The van der Waals surface area contributed by atoms with Crippen LogP contribution in [0.5, 0.6) is 0 Å². The van der Waals surface area contributed by atoms with E-state index in [9.17, 15) is 9.18 Å². The Morgan fingerprint density at radius 2 is 1.82 bits per heavy atom. The lowest BCUT2D eigenvalue weighted by atomic mass is 10.1. The van der Waals surface area contributed by atoms with Gasteiger partial charge < -0.3 is 5.32 Å².